The summed E-state index contributed by atoms with van der Waals surface area (Å²) in [5.74, 6) is 1.08. The molecule has 0 unspecified atom stereocenters. The molecule has 1 aromatic heterocycles. The molecule has 1 fully saturated rings. The number of tetrazole rings is 1. The van der Waals surface area contributed by atoms with Gasteiger partial charge in [-0.25, -0.2) is 4.68 Å². The molecule has 2 rings (SSSR count). The summed E-state index contributed by atoms with van der Waals surface area (Å²) < 4.78 is 2.08. The quantitative estimate of drug-likeness (QED) is 0.618. The van der Waals surface area contributed by atoms with Gasteiger partial charge in [0, 0.05) is 11.8 Å². The van der Waals surface area contributed by atoms with E-state index in [9.17, 15) is 0 Å². The zero-order valence-electron chi connectivity index (χ0n) is 9.61. The van der Waals surface area contributed by atoms with E-state index >= 15 is 0 Å². The first kappa shape index (κ1) is 12.0. The molecule has 1 aliphatic rings. The Kier molecular flexibility index (Phi) is 4.75. The summed E-state index contributed by atoms with van der Waals surface area (Å²) in [7, 11) is 0. The second-order valence-electron chi connectivity index (χ2n) is 4.48. The monoisotopic (exact) mass is 286 g/mol. The maximum Gasteiger partial charge on any atom is 0.151 e. The van der Waals surface area contributed by atoms with Crippen LogP contribution < -0.4 is 0 Å². The molecule has 4 nitrogen and oxygen atoms in total. The normalized spacial score (nSPS) is 17.8. The molecule has 5 heteroatoms. The van der Waals surface area contributed by atoms with E-state index in [2.05, 4.69) is 36.1 Å². The van der Waals surface area contributed by atoms with E-state index in [-0.39, 0.29) is 0 Å². The first-order valence-electron chi connectivity index (χ1n) is 6.24. The number of halogens is 1. The summed E-state index contributed by atoms with van der Waals surface area (Å²) in [5.41, 5.74) is 0. The topological polar surface area (TPSA) is 43.6 Å². The van der Waals surface area contributed by atoms with Crippen molar-refractivity contribution in [1.29, 1.82) is 0 Å². The van der Waals surface area contributed by atoms with E-state index in [1.54, 1.807) is 0 Å². The molecule has 0 amide bonds. The van der Waals surface area contributed by atoms with Gasteiger partial charge in [0.05, 0.1) is 6.04 Å². The van der Waals surface area contributed by atoms with Crippen LogP contribution in [0.5, 0.6) is 0 Å². The van der Waals surface area contributed by atoms with Crippen LogP contribution in [0, 0.1) is 0 Å². The summed E-state index contributed by atoms with van der Waals surface area (Å²) in [6.45, 7) is 0. The van der Waals surface area contributed by atoms with Crippen LogP contribution in [0.3, 0.4) is 0 Å². The summed E-state index contributed by atoms with van der Waals surface area (Å²) in [4.78, 5) is 0. The van der Waals surface area contributed by atoms with Crippen LogP contribution in [0.4, 0.5) is 0 Å². The minimum Gasteiger partial charge on any atom is -0.227 e. The molecule has 0 atom stereocenters. The van der Waals surface area contributed by atoms with Crippen LogP contribution in [-0.2, 0) is 6.42 Å². The second kappa shape index (κ2) is 6.33. The number of nitrogens with zero attached hydrogens (tertiary/aromatic N) is 4. The first-order chi connectivity index (χ1) is 7.92. The van der Waals surface area contributed by atoms with Gasteiger partial charge in [-0.05, 0) is 36.1 Å². The Morgan fingerprint density at radius 2 is 2.00 bits per heavy atom. The maximum atomic E-state index is 4.16. The van der Waals surface area contributed by atoms with Gasteiger partial charge >= 0.3 is 0 Å². The highest BCUT2D eigenvalue weighted by Crippen LogP contribution is 2.27. The number of hydrogen-bond acceptors (Lipinski definition) is 3. The maximum absolute atomic E-state index is 4.16. The van der Waals surface area contributed by atoms with E-state index in [1.165, 1.54) is 44.9 Å². The smallest absolute Gasteiger partial charge is 0.151 e. The van der Waals surface area contributed by atoms with Crippen LogP contribution in [0.2, 0.25) is 0 Å². The molecule has 0 spiro atoms. The SMILES string of the molecule is BrCCCCc1nnnn1C1CCCCC1. The summed E-state index contributed by atoms with van der Waals surface area (Å²) in [6, 6.07) is 0.558. The van der Waals surface area contributed by atoms with Crippen molar-refractivity contribution in [2.24, 2.45) is 0 Å². The molecule has 0 bridgehead atoms. The number of rotatable bonds is 5. The highest BCUT2D eigenvalue weighted by Gasteiger charge is 2.19. The zero-order chi connectivity index (χ0) is 11.2. The lowest BCUT2D eigenvalue weighted by molar-refractivity contribution is 0.316. The summed E-state index contributed by atoms with van der Waals surface area (Å²) in [5, 5.41) is 13.2. The van der Waals surface area contributed by atoms with Crippen LogP contribution in [0.25, 0.3) is 0 Å². The fourth-order valence-corrected chi connectivity index (χ4v) is 2.76. The Morgan fingerprint density at radius 1 is 1.19 bits per heavy atom. The van der Waals surface area contributed by atoms with E-state index in [0.717, 1.165) is 17.6 Å². The fraction of sp³-hybridized carbons (Fsp3) is 0.909. The van der Waals surface area contributed by atoms with Crippen molar-refractivity contribution < 1.29 is 0 Å². The summed E-state index contributed by atoms with van der Waals surface area (Å²) >= 11 is 3.45. The van der Waals surface area contributed by atoms with Gasteiger partial charge in [-0.2, -0.15) is 0 Å². The van der Waals surface area contributed by atoms with Gasteiger partial charge in [-0.3, -0.25) is 0 Å². The molecule has 0 radical (unpaired) electrons. The van der Waals surface area contributed by atoms with Crippen molar-refractivity contribution in [3.8, 4) is 0 Å². The highest BCUT2D eigenvalue weighted by molar-refractivity contribution is 9.09. The Labute approximate surface area is 105 Å². The number of hydrogen-bond donors (Lipinski definition) is 0. The van der Waals surface area contributed by atoms with Gasteiger partial charge in [0.2, 0.25) is 0 Å². The van der Waals surface area contributed by atoms with Crippen LogP contribution in [0.1, 0.15) is 56.8 Å². The van der Waals surface area contributed by atoms with Crippen LogP contribution in [0.15, 0.2) is 0 Å². The molecule has 1 heterocycles. The van der Waals surface area contributed by atoms with Gasteiger partial charge in [-0.15, -0.1) is 5.10 Å². The van der Waals surface area contributed by atoms with Gasteiger partial charge in [0.25, 0.3) is 0 Å². The van der Waals surface area contributed by atoms with Gasteiger partial charge in [0.1, 0.15) is 0 Å². The lowest BCUT2D eigenvalue weighted by atomic mass is 9.95. The number of aromatic nitrogens is 4. The van der Waals surface area contributed by atoms with E-state index in [1.807, 2.05) is 0 Å². The van der Waals surface area contributed by atoms with E-state index in [0.29, 0.717) is 6.04 Å². The van der Waals surface area contributed by atoms with Gasteiger partial charge in [-0.1, -0.05) is 35.2 Å². The van der Waals surface area contributed by atoms with Crippen molar-refractivity contribution in [2.75, 3.05) is 5.33 Å². The predicted molar refractivity (Wildman–Crippen MR) is 66.7 cm³/mol. The van der Waals surface area contributed by atoms with Crippen molar-refractivity contribution in [3.63, 3.8) is 0 Å². The van der Waals surface area contributed by atoms with Crippen molar-refractivity contribution in [1.82, 2.24) is 20.2 Å². The van der Waals surface area contributed by atoms with Crippen molar-refractivity contribution >= 4 is 15.9 Å². The fourth-order valence-electron chi connectivity index (χ4n) is 2.36. The largest absolute Gasteiger partial charge is 0.227 e. The highest BCUT2D eigenvalue weighted by atomic mass is 79.9. The lowest BCUT2D eigenvalue weighted by Gasteiger charge is -2.22. The Hall–Kier alpha value is -0.450. The third kappa shape index (κ3) is 3.03. The molecular formula is C11H19BrN4. The Bertz CT molecular complexity index is 307. The number of aryl methyl sites for hydroxylation is 1. The van der Waals surface area contributed by atoms with Crippen molar-refractivity contribution in [2.45, 2.75) is 57.4 Å². The van der Waals surface area contributed by atoms with Crippen LogP contribution >= 0.6 is 15.9 Å². The van der Waals surface area contributed by atoms with Gasteiger partial charge in [0.15, 0.2) is 5.82 Å². The molecule has 0 aliphatic heterocycles. The number of alkyl halides is 1. The molecular weight excluding hydrogens is 268 g/mol. The van der Waals surface area contributed by atoms with E-state index in [4.69, 9.17) is 0 Å². The molecule has 16 heavy (non-hydrogen) atoms. The third-order valence-electron chi connectivity index (χ3n) is 3.27. The molecule has 1 aromatic rings. The third-order valence-corrected chi connectivity index (χ3v) is 3.83. The second-order valence-corrected chi connectivity index (χ2v) is 5.27. The molecule has 1 saturated carbocycles. The van der Waals surface area contributed by atoms with Gasteiger partial charge < -0.3 is 0 Å². The van der Waals surface area contributed by atoms with Crippen molar-refractivity contribution in [3.05, 3.63) is 5.82 Å². The predicted octanol–water partition coefficient (Wildman–Crippen LogP) is 2.90. The molecule has 90 valence electrons. The Morgan fingerprint density at radius 3 is 2.75 bits per heavy atom. The average molecular weight is 287 g/mol. The minimum absolute atomic E-state index is 0.558. The standard InChI is InChI=1S/C11H19BrN4/c12-9-5-4-8-11-13-14-15-16(11)10-6-2-1-3-7-10/h10H,1-9H2. The molecule has 0 N–H and O–H groups in total. The van der Waals surface area contributed by atoms with Crippen LogP contribution in [-0.4, -0.2) is 25.5 Å². The number of unbranched alkanes of at least 4 members (excludes halogenated alkanes) is 1. The zero-order valence-corrected chi connectivity index (χ0v) is 11.2. The molecule has 0 saturated heterocycles. The minimum atomic E-state index is 0.558. The molecule has 0 aromatic carbocycles. The average Bonchev–Trinajstić information content (AvgIpc) is 2.79. The lowest BCUT2D eigenvalue weighted by Crippen LogP contribution is -2.17. The summed E-state index contributed by atoms with van der Waals surface area (Å²) in [6.07, 6.45) is 9.88. The molecule has 1 aliphatic carbocycles. The van der Waals surface area contributed by atoms with E-state index < -0.39 is 0 Å². The first-order valence-corrected chi connectivity index (χ1v) is 7.36. The Balaban J connectivity index is 1.94.